The van der Waals surface area contributed by atoms with Gasteiger partial charge in [-0.15, -0.1) is 0 Å². The number of nitrogens with zero attached hydrogens (tertiary/aromatic N) is 2. The quantitative estimate of drug-likeness (QED) is 0.750. The van der Waals surface area contributed by atoms with Crippen molar-refractivity contribution < 1.29 is 13.2 Å². The van der Waals surface area contributed by atoms with Crippen LogP contribution in [0.15, 0.2) is 17.0 Å². The minimum Gasteiger partial charge on any atom is -0.495 e. The lowest BCUT2D eigenvalue weighted by atomic mass is 9.52. The molecule has 5 aliphatic rings. The summed E-state index contributed by atoms with van der Waals surface area (Å²) in [6.45, 7) is 6.83. The number of piperazine rings is 1. The molecule has 29 heavy (non-hydrogen) atoms. The van der Waals surface area contributed by atoms with Crippen LogP contribution in [-0.2, 0) is 10.0 Å². The van der Waals surface area contributed by atoms with Gasteiger partial charge in [-0.05, 0) is 93.4 Å². The van der Waals surface area contributed by atoms with Crippen LogP contribution in [0, 0.1) is 31.6 Å². The predicted octanol–water partition coefficient (Wildman–Crippen LogP) is 3.59. The summed E-state index contributed by atoms with van der Waals surface area (Å²) >= 11 is 0. The highest BCUT2D eigenvalue weighted by molar-refractivity contribution is 7.89. The van der Waals surface area contributed by atoms with Gasteiger partial charge in [0.05, 0.1) is 7.11 Å². The molecule has 6 rings (SSSR count). The monoisotopic (exact) mass is 418 g/mol. The van der Waals surface area contributed by atoms with Crippen LogP contribution in [0.1, 0.15) is 49.7 Å². The van der Waals surface area contributed by atoms with Crippen LogP contribution in [-0.4, -0.2) is 56.5 Å². The zero-order chi connectivity index (χ0) is 20.4. The predicted molar refractivity (Wildman–Crippen MR) is 114 cm³/mol. The fraction of sp³-hybridized carbons (Fsp3) is 0.739. The lowest BCUT2D eigenvalue weighted by Gasteiger charge is -2.61. The van der Waals surface area contributed by atoms with E-state index in [4.69, 9.17) is 4.74 Å². The number of ether oxygens (including phenoxy) is 1. The molecule has 1 aromatic carbocycles. The van der Waals surface area contributed by atoms with Crippen molar-refractivity contribution in [1.29, 1.82) is 0 Å². The van der Waals surface area contributed by atoms with Gasteiger partial charge in [-0.2, -0.15) is 4.31 Å². The molecule has 5 nitrogen and oxygen atoms in total. The van der Waals surface area contributed by atoms with Gasteiger partial charge in [0.25, 0.3) is 0 Å². The second-order valence-electron chi connectivity index (χ2n) is 10.1. The Kier molecular flexibility index (Phi) is 4.76. The Balaban J connectivity index is 1.34. The normalized spacial score (nSPS) is 35.2. The van der Waals surface area contributed by atoms with Crippen molar-refractivity contribution in [3.63, 3.8) is 0 Å². The molecule has 0 amide bonds. The topological polar surface area (TPSA) is 49.9 Å². The summed E-state index contributed by atoms with van der Waals surface area (Å²) in [4.78, 5) is 2.98. The molecule has 4 bridgehead atoms. The fourth-order valence-corrected chi connectivity index (χ4v) is 8.76. The molecule has 0 unspecified atom stereocenters. The third-order valence-electron chi connectivity index (χ3n) is 8.31. The maximum Gasteiger partial charge on any atom is 0.246 e. The molecule has 4 saturated carbocycles. The summed E-state index contributed by atoms with van der Waals surface area (Å²) in [6, 6.07) is 3.61. The Hall–Kier alpha value is -1.11. The average Bonchev–Trinajstić information content (AvgIpc) is 2.68. The number of hydrogen-bond donors (Lipinski definition) is 0. The molecule has 0 radical (unpaired) electrons. The van der Waals surface area contributed by atoms with Crippen molar-refractivity contribution in [2.24, 2.45) is 17.8 Å². The van der Waals surface area contributed by atoms with Crippen molar-refractivity contribution in [3.8, 4) is 5.75 Å². The number of benzene rings is 1. The molecular formula is C23H34N2O3S. The number of hydrogen-bond acceptors (Lipinski definition) is 4. The largest absolute Gasteiger partial charge is 0.495 e. The minimum atomic E-state index is -3.54. The van der Waals surface area contributed by atoms with Crippen molar-refractivity contribution in [1.82, 2.24) is 9.21 Å². The van der Waals surface area contributed by atoms with E-state index >= 15 is 0 Å². The number of aryl methyl sites for hydroxylation is 2. The summed E-state index contributed by atoms with van der Waals surface area (Å²) in [5.41, 5.74) is 2.40. The standard InChI is InChI=1S/C23H34N2O3S/c1-16-8-21(28-3)22(9-17(16)2)29(26,27)25-6-4-24(5-7-25)23-13-18-10-19(14-23)12-20(11-18)15-23/h8-9,18-20H,4-7,10-15H2,1-3H3. The molecule has 1 saturated heterocycles. The van der Waals surface area contributed by atoms with E-state index in [0.29, 0.717) is 29.3 Å². The molecule has 1 heterocycles. The van der Waals surface area contributed by atoms with Gasteiger partial charge in [-0.1, -0.05) is 0 Å². The first-order valence-electron chi connectivity index (χ1n) is 11.2. The number of rotatable bonds is 4. The Bertz CT molecular complexity index is 868. The fourth-order valence-electron chi connectivity index (χ4n) is 7.12. The third kappa shape index (κ3) is 3.22. The molecule has 0 atom stereocenters. The Morgan fingerprint density at radius 3 is 1.93 bits per heavy atom. The van der Waals surface area contributed by atoms with Crippen molar-refractivity contribution in [3.05, 3.63) is 23.3 Å². The van der Waals surface area contributed by atoms with E-state index < -0.39 is 10.0 Å². The Morgan fingerprint density at radius 2 is 1.41 bits per heavy atom. The van der Waals surface area contributed by atoms with Crippen LogP contribution in [0.4, 0.5) is 0 Å². The molecule has 0 aromatic heterocycles. The lowest BCUT2D eigenvalue weighted by Crippen LogP contribution is -2.64. The van der Waals surface area contributed by atoms with Crippen LogP contribution in [0.25, 0.3) is 0 Å². The highest BCUT2D eigenvalue weighted by Gasteiger charge is 2.54. The van der Waals surface area contributed by atoms with Crippen LogP contribution in [0.2, 0.25) is 0 Å². The third-order valence-corrected chi connectivity index (χ3v) is 10.2. The minimum absolute atomic E-state index is 0.311. The van der Waals surface area contributed by atoms with Crippen LogP contribution < -0.4 is 4.74 Å². The van der Waals surface area contributed by atoms with E-state index in [1.54, 1.807) is 17.5 Å². The summed E-state index contributed by atoms with van der Waals surface area (Å²) in [6.07, 6.45) is 8.37. The molecule has 1 aliphatic heterocycles. The molecule has 160 valence electrons. The first-order chi connectivity index (χ1) is 13.8. The molecule has 0 spiro atoms. The maximum atomic E-state index is 13.4. The van der Waals surface area contributed by atoms with E-state index in [0.717, 1.165) is 42.0 Å². The van der Waals surface area contributed by atoms with Crippen LogP contribution >= 0.6 is 0 Å². The van der Waals surface area contributed by atoms with Crippen LogP contribution in [0.5, 0.6) is 5.75 Å². The van der Waals surface area contributed by atoms with Gasteiger partial charge in [-0.25, -0.2) is 8.42 Å². The number of methoxy groups -OCH3 is 1. The zero-order valence-electron chi connectivity index (χ0n) is 18.0. The van der Waals surface area contributed by atoms with Gasteiger partial charge >= 0.3 is 0 Å². The lowest BCUT2D eigenvalue weighted by molar-refractivity contribution is -0.0964. The van der Waals surface area contributed by atoms with E-state index in [-0.39, 0.29) is 0 Å². The molecule has 5 fully saturated rings. The second kappa shape index (κ2) is 6.96. The molecule has 0 N–H and O–H groups in total. The first-order valence-corrected chi connectivity index (χ1v) is 12.7. The first kappa shape index (κ1) is 19.8. The average molecular weight is 419 g/mol. The summed E-state index contributed by atoms with van der Waals surface area (Å²) in [7, 11) is -1.99. The van der Waals surface area contributed by atoms with Gasteiger partial charge in [0, 0.05) is 31.7 Å². The molecule has 6 heteroatoms. The van der Waals surface area contributed by atoms with Gasteiger partial charge in [0.15, 0.2) is 0 Å². The van der Waals surface area contributed by atoms with Gasteiger partial charge in [0.2, 0.25) is 10.0 Å². The Morgan fingerprint density at radius 1 is 0.897 bits per heavy atom. The smallest absolute Gasteiger partial charge is 0.246 e. The van der Waals surface area contributed by atoms with Gasteiger partial charge in [0.1, 0.15) is 10.6 Å². The van der Waals surface area contributed by atoms with Crippen molar-refractivity contribution in [2.45, 2.75) is 62.8 Å². The SMILES string of the molecule is COc1cc(C)c(C)cc1S(=O)(=O)N1CCN(C23CC4CC(CC(C4)C2)C3)CC1. The van der Waals surface area contributed by atoms with E-state index in [9.17, 15) is 8.42 Å². The highest BCUT2D eigenvalue weighted by atomic mass is 32.2. The molecular weight excluding hydrogens is 384 g/mol. The van der Waals surface area contributed by atoms with Crippen molar-refractivity contribution >= 4 is 10.0 Å². The Labute approximate surface area is 175 Å². The van der Waals surface area contributed by atoms with E-state index in [2.05, 4.69) is 4.90 Å². The van der Waals surface area contributed by atoms with E-state index in [1.165, 1.54) is 38.5 Å². The maximum absolute atomic E-state index is 13.4. The second-order valence-corrected chi connectivity index (χ2v) is 12.0. The number of sulfonamides is 1. The molecule has 4 aliphatic carbocycles. The highest BCUT2D eigenvalue weighted by Crippen LogP contribution is 2.57. The van der Waals surface area contributed by atoms with Gasteiger partial charge < -0.3 is 4.74 Å². The van der Waals surface area contributed by atoms with Crippen LogP contribution in [0.3, 0.4) is 0 Å². The van der Waals surface area contributed by atoms with Crippen molar-refractivity contribution in [2.75, 3.05) is 33.3 Å². The zero-order valence-corrected chi connectivity index (χ0v) is 18.8. The summed E-state index contributed by atoms with van der Waals surface area (Å²) in [5, 5.41) is 0. The molecule has 1 aromatic rings. The van der Waals surface area contributed by atoms with E-state index in [1.807, 2.05) is 19.9 Å². The summed E-state index contributed by atoms with van der Waals surface area (Å²) in [5.74, 6) is 3.21. The van der Waals surface area contributed by atoms with Gasteiger partial charge in [-0.3, -0.25) is 4.90 Å². The summed E-state index contributed by atoms with van der Waals surface area (Å²) < 4.78 is 33.9.